The fraction of sp³-hybridized carbons (Fsp3) is 0.864. The molecule has 3 atom stereocenters. The molecule has 0 aliphatic rings. The lowest BCUT2D eigenvalue weighted by Crippen LogP contribution is -2.07. The van der Waals surface area contributed by atoms with Gasteiger partial charge in [0.2, 0.25) is 0 Å². The largest absolute Gasteiger partial charge is 0.295 e. The third-order valence-corrected chi connectivity index (χ3v) is 5.25. The third kappa shape index (κ3) is 12.5. The molecule has 0 aromatic heterocycles. The zero-order chi connectivity index (χ0) is 17.8. The van der Waals surface area contributed by atoms with Gasteiger partial charge in [0.15, 0.2) is 5.78 Å². The minimum atomic E-state index is 0.150. The van der Waals surface area contributed by atoms with E-state index < -0.39 is 0 Å². The summed E-state index contributed by atoms with van der Waals surface area (Å²) in [6.45, 7) is 17.1. The van der Waals surface area contributed by atoms with Crippen LogP contribution < -0.4 is 0 Å². The molecule has 0 aromatic carbocycles. The Hall–Kier alpha value is -0.590. The zero-order valence-electron chi connectivity index (χ0n) is 16.8. The second-order valence-electron chi connectivity index (χ2n) is 8.38. The highest BCUT2D eigenvalue weighted by Crippen LogP contribution is 2.23. The van der Waals surface area contributed by atoms with Crippen LogP contribution in [0.1, 0.15) is 99.3 Å². The van der Waals surface area contributed by atoms with Crippen molar-refractivity contribution in [2.45, 2.75) is 99.3 Å². The van der Waals surface area contributed by atoms with Gasteiger partial charge in [-0.25, -0.2) is 0 Å². The Bertz CT molecular complexity index is 329. The number of ketones is 1. The van der Waals surface area contributed by atoms with Crippen LogP contribution in [0.2, 0.25) is 0 Å². The van der Waals surface area contributed by atoms with Gasteiger partial charge in [0.1, 0.15) is 0 Å². The van der Waals surface area contributed by atoms with Gasteiger partial charge in [0.05, 0.1) is 0 Å². The van der Waals surface area contributed by atoms with Gasteiger partial charge in [-0.05, 0) is 42.6 Å². The molecule has 0 rings (SSSR count). The minimum absolute atomic E-state index is 0.150. The summed E-state index contributed by atoms with van der Waals surface area (Å²) in [6.07, 6.45) is 11.9. The summed E-state index contributed by atoms with van der Waals surface area (Å²) < 4.78 is 0. The molecule has 1 heteroatoms. The monoisotopic (exact) mass is 322 g/mol. The van der Waals surface area contributed by atoms with Gasteiger partial charge in [-0.3, -0.25) is 4.79 Å². The number of hydrogen-bond donors (Lipinski definition) is 0. The third-order valence-electron chi connectivity index (χ3n) is 5.25. The predicted octanol–water partition coefficient (Wildman–Crippen LogP) is 7.21. The number of carbonyl (C=O) groups excluding carboxylic acids is 1. The molecule has 0 heterocycles. The Labute approximate surface area is 146 Å². The number of Topliss-reactive ketones (excluding diaryl/α,β-unsaturated/α-hetero) is 1. The van der Waals surface area contributed by atoms with Crippen molar-refractivity contribution in [2.75, 3.05) is 0 Å². The van der Waals surface area contributed by atoms with Crippen molar-refractivity contribution in [2.24, 2.45) is 23.7 Å². The quantitative estimate of drug-likeness (QED) is 0.309. The molecule has 0 saturated carbocycles. The summed E-state index contributed by atoms with van der Waals surface area (Å²) in [5.41, 5.74) is 0.799. The van der Waals surface area contributed by atoms with E-state index >= 15 is 0 Å². The first-order valence-corrected chi connectivity index (χ1v) is 9.93. The van der Waals surface area contributed by atoms with E-state index in [2.05, 4.69) is 41.2 Å². The van der Waals surface area contributed by atoms with Crippen molar-refractivity contribution < 1.29 is 4.79 Å². The maximum atomic E-state index is 11.3. The SMILES string of the molecule is C=C(C(C)=O)C(C)CCCC(C)CCCC(C)CCCC(C)C. The van der Waals surface area contributed by atoms with Crippen molar-refractivity contribution in [3.8, 4) is 0 Å². The van der Waals surface area contributed by atoms with Gasteiger partial charge >= 0.3 is 0 Å². The highest BCUT2D eigenvalue weighted by atomic mass is 16.1. The standard InChI is InChI=1S/C22H42O/c1-17(2)11-8-12-18(3)13-9-14-19(4)15-10-16-20(5)21(6)22(7)23/h17-20H,6,8-16H2,1-5,7H3. The van der Waals surface area contributed by atoms with E-state index in [-0.39, 0.29) is 5.78 Å². The highest BCUT2D eigenvalue weighted by Gasteiger charge is 2.12. The molecule has 3 unspecified atom stereocenters. The Kier molecular flexibility index (Phi) is 12.5. The lowest BCUT2D eigenvalue weighted by molar-refractivity contribution is -0.114. The van der Waals surface area contributed by atoms with Crippen LogP contribution in [-0.4, -0.2) is 5.78 Å². The van der Waals surface area contributed by atoms with Gasteiger partial charge in [0.25, 0.3) is 0 Å². The fourth-order valence-corrected chi connectivity index (χ4v) is 3.27. The van der Waals surface area contributed by atoms with Crippen molar-refractivity contribution in [3.63, 3.8) is 0 Å². The van der Waals surface area contributed by atoms with E-state index in [1.807, 2.05) is 0 Å². The lowest BCUT2D eigenvalue weighted by atomic mass is 9.89. The smallest absolute Gasteiger partial charge is 0.155 e. The highest BCUT2D eigenvalue weighted by molar-refractivity contribution is 5.92. The van der Waals surface area contributed by atoms with Gasteiger partial charge in [-0.15, -0.1) is 0 Å². The van der Waals surface area contributed by atoms with Crippen LogP contribution in [0.4, 0.5) is 0 Å². The first-order valence-electron chi connectivity index (χ1n) is 9.93. The van der Waals surface area contributed by atoms with Crippen molar-refractivity contribution in [1.82, 2.24) is 0 Å². The van der Waals surface area contributed by atoms with Crippen LogP contribution in [0.3, 0.4) is 0 Å². The first-order chi connectivity index (χ1) is 10.7. The average Bonchev–Trinajstić information content (AvgIpc) is 2.45. The minimum Gasteiger partial charge on any atom is -0.295 e. The molecule has 0 saturated heterocycles. The maximum absolute atomic E-state index is 11.3. The normalized spacial score (nSPS) is 15.4. The van der Waals surface area contributed by atoms with E-state index in [1.165, 1.54) is 51.4 Å². The Balaban J connectivity index is 3.65. The van der Waals surface area contributed by atoms with Crippen LogP contribution in [-0.2, 0) is 4.79 Å². The molecule has 0 aliphatic heterocycles. The second kappa shape index (κ2) is 12.8. The van der Waals surface area contributed by atoms with Crippen LogP contribution in [0.15, 0.2) is 12.2 Å². The number of hydrogen-bond acceptors (Lipinski definition) is 1. The van der Waals surface area contributed by atoms with Crippen LogP contribution >= 0.6 is 0 Å². The summed E-state index contributed by atoms with van der Waals surface area (Å²) in [7, 11) is 0. The summed E-state index contributed by atoms with van der Waals surface area (Å²) in [5.74, 6) is 3.05. The van der Waals surface area contributed by atoms with E-state index in [9.17, 15) is 4.79 Å². The molecule has 0 N–H and O–H groups in total. The van der Waals surface area contributed by atoms with Crippen molar-refractivity contribution >= 4 is 5.78 Å². The maximum Gasteiger partial charge on any atom is 0.155 e. The van der Waals surface area contributed by atoms with Crippen LogP contribution in [0, 0.1) is 23.7 Å². The second-order valence-corrected chi connectivity index (χ2v) is 8.38. The van der Waals surface area contributed by atoms with E-state index in [4.69, 9.17) is 0 Å². The lowest BCUT2D eigenvalue weighted by Gasteiger charge is -2.16. The van der Waals surface area contributed by atoms with E-state index in [1.54, 1.807) is 6.92 Å². The fourth-order valence-electron chi connectivity index (χ4n) is 3.27. The number of carbonyl (C=O) groups is 1. The van der Waals surface area contributed by atoms with Gasteiger partial charge in [-0.2, -0.15) is 0 Å². The molecular weight excluding hydrogens is 280 g/mol. The topological polar surface area (TPSA) is 17.1 Å². The molecule has 0 fully saturated rings. The molecule has 0 aliphatic carbocycles. The van der Waals surface area contributed by atoms with Crippen LogP contribution in [0.25, 0.3) is 0 Å². The van der Waals surface area contributed by atoms with Crippen molar-refractivity contribution in [3.05, 3.63) is 12.2 Å². The van der Waals surface area contributed by atoms with E-state index in [0.717, 1.165) is 29.7 Å². The summed E-state index contributed by atoms with van der Waals surface area (Å²) in [5, 5.41) is 0. The molecule has 136 valence electrons. The zero-order valence-corrected chi connectivity index (χ0v) is 16.8. The molecule has 0 radical (unpaired) electrons. The van der Waals surface area contributed by atoms with Gasteiger partial charge in [0, 0.05) is 0 Å². The molecule has 23 heavy (non-hydrogen) atoms. The summed E-state index contributed by atoms with van der Waals surface area (Å²) in [4.78, 5) is 11.3. The van der Waals surface area contributed by atoms with Gasteiger partial charge < -0.3 is 0 Å². The summed E-state index contributed by atoms with van der Waals surface area (Å²) in [6, 6.07) is 0. The summed E-state index contributed by atoms with van der Waals surface area (Å²) >= 11 is 0. The molecule has 0 bridgehead atoms. The van der Waals surface area contributed by atoms with E-state index in [0.29, 0.717) is 5.92 Å². The predicted molar refractivity (Wildman–Crippen MR) is 104 cm³/mol. The molecular formula is C22H42O. The average molecular weight is 323 g/mol. The molecule has 1 nitrogen and oxygen atoms in total. The Morgan fingerprint density at radius 1 is 0.739 bits per heavy atom. The van der Waals surface area contributed by atoms with Gasteiger partial charge in [-0.1, -0.05) is 92.6 Å². The first kappa shape index (κ1) is 22.4. The van der Waals surface area contributed by atoms with Crippen LogP contribution in [0.5, 0.6) is 0 Å². The van der Waals surface area contributed by atoms with Crippen molar-refractivity contribution in [1.29, 1.82) is 0 Å². The Morgan fingerprint density at radius 2 is 1.13 bits per heavy atom. The Morgan fingerprint density at radius 3 is 1.52 bits per heavy atom. The number of rotatable bonds is 14. The molecule has 0 aromatic rings. The number of allylic oxidation sites excluding steroid dienone is 1. The molecule has 0 amide bonds. The molecule has 0 spiro atoms.